The second-order valence-electron chi connectivity index (χ2n) is 9.12. The zero-order chi connectivity index (χ0) is 24.9. The summed E-state index contributed by atoms with van der Waals surface area (Å²) in [5, 5.41) is 2.11. The molecule has 1 aliphatic heterocycles. The van der Waals surface area contributed by atoms with Crippen molar-refractivity contribution < 1.29 is 9.59 Å². The van der Waals surface area contributed by atoms with E-state index < -0.39 is 0 Å². The molecule has 1 atom stereocenters. The number of carbonyl (C=O) groups is 2. The molecule has 1 aromatic heterocycles. The van der Waals surface area contributed by atoms with Crippen molar-refractivity contribution in [3.05, 3.63) is 118 Å². The van der Waals surface area contributed by atoms with Gasteiger partial charge in [-0.05, 0) is 58.7 Å². The Bertz CT molecular complexity index is 1320. The third kappa shape index (κ3) is 4.98. The summed E-state index contributed by atoms with van der Waals surface area (Å²) in [6.45, 7) is 3.31. The average molecular weight is 495 g/mol. The predicted molar refractivity (Wildman–Crippen MR) is 146 cm³/mol. The molecule has 5 rings (SSSR count). The lowest BCUT2D eigenvalue weighted by molar-refractivity contribution is -0.134. The standard InChI is InChI=1S/C31H30N2O2S/c1-2-19-32(31(35)26-15-13-24(14-16-26)23-9-5-3-6-10-23)22-29(34)33-20-17-28-27(18-21-36-28)30(33)25-11-7-4-8-12-25/h3-16,18,21,30H,2,17,19-20,22H2,1H3. The molecule has 0 spiro atoms. The fourth-order valence-electron chi connectivity index (χ4n) is 4.97. The van der Waals surface area contributed by atoms with Crippen LogP contribution in [0, 0.1) is 0 Å². The normalized spacial score (nSPS) is 14.8. The Hall–Kier alpha value is -3.70. The van der Waals surface area contributed by atoms with Gasteiger partial charge in [0.2, 0.25) is 5.91 Å². The van der Waals surface area contributed by atoms with E-state index in [-0.39, 0.29) is 24.4 Å². The van der Waals surface area contributed by atoms with E-state index in [0.717, 1.165) is 29.5 Å². The van der Waals surface area contributed by atoms with E-state index >= 15 is 0 Å². The van der Waals surface area contributed by atoms with Crippen LogP contribution in [0.5, 0.6) is 0 Å². The van der Waals surface area contributed by atoms with Crippen LogP contribution in [0.25, 0.3) is 11.1 Å². The molecule has 0 bridgehead atoms. The predicted octanol–water partition coefficient (Wildman–Crippen LogP) is 6.44. The Morgan fingerprint density at radius 3 is 2.25 bits per heavy atom. The van der Waals surface area contributed by atoms with Crippen LogP contribution < -0.4 is 0 Å². The number of rotatable bonds is 7. The second kappa shape index (κ2) is 10.9. The summed E-state index contributed by atoms with van der Waals surface area (Å²) in [6, 6.07) is 30.0. The van der Waals surface area contributed by atoms with Crippen molar-refractivity contribution in [3.8, 4) is 11.1 Å². The highest BCUT2D eigenvalue weighted by atomic mass is 32.1. The monoisotopic (exact) mass is 494 g/mol. The van der Waals surface area contributed by atoms with Crippen LogP contribution >= 0.6 is 11.3 Å². The molecule has 36 heavy (non-hydrogen) atoms. The molecule has 182 valence electrons. The fourth-order valence-corrected chi connectivity index (χ4v) is 5.88. The number of fused-ring (bicyclic) bond motifs is 1. The first kappa shape index (κ1) is 24.0. The van der Waals surface area contributed by atoms with E-state index in [4.69, 9.17) is 0 Å². The van der Waals surface area contributed by atoms with Crippen LogP contribution in [0.2, 0.25) is 0 Å². The summed E-state index contributed by atoms with van der Waals surface area (Å²) in [7, 11) is 0. The third-order valence-corrected chi connectivity index (χ3v) is 7.74. The van der Waals surface area contributed by atoms with E-state index in [2.05, 4.69) is 35.7 Å². The summed E-state index contributed by atoms with van der Waals surface area (Å²) in [5.74, 6) is -0.113. The van der Waals surface area contributed by atoms with Gasteiger partial charge in [-0.2, -0.15) is 0 Å². The Labute approximate surface area is 216 Å². The van der Waals surface area contributed by atoms with Crippen molar-refractivity contribution in [3.63, 3.8) is 0 Å². The maximum atomic E-state index is 13.7. The van der Waals surface area contributed by atoms with Gasteiger partial charge >= 0.3 is 0 Å². The first-order chi connectivity index (χ1) is 17.7. The first-order valence-corrected chi connectivity index (χ1v) is 13.4. The van der Waals surface area contributed by atoms with Crippen LogP contribution in [-0.4, -0.2) is 41.2 Å². The lowest BCUT2D eigenvalue weighted by Crippen LogP contribution is -2.47. The number of thiophene rings is 1. The lowest BCUT2D eigenvalue weighted by atomic mass is 9.93. The highest BCUT2D eigenvalue weighted by Gasteiger charge is 2.33. The summed E-state index contributed by atoms with van der Waals surface area (Å²) in [6.07, 6.45) is 1.64. The van der Waals surface area contributed by atoms with Gasteiger partial charge in [-0.1, -0.05) is 79.7 Å². The Balaban J connectivity index is 1.36. The minimum absolute atomic E-state index is 0.0107. The molecule has 1 aliphatic rings. The van der Waals surface area contributed by atoms with Crippen molar-refractivity contribution >= 4 is 23.2 Å². The number of nitrogens with zero attached hydrogens (tertiary/aromatic N) is 2. The van der Waals surface area contributed by atoms with E-state index in [0.29, 0.717) is 18.7 Å². The SMILES string of the molecule is CCCN(CC(=O)N1CCc2sccc2C1c1ccccc1)C(=O)c1ccc(-c2ccccc2)cc1. The van der Waals surface area contributed by atoms with E-state index in [9.17, 15) is 9.59 Å². The van der Waals surface area contributed by atoms with Crippen LogP contribution in [0.3, 0.4) is 0 Å². The third-order valence-electron chi connectivity index (χ3n) is 6.75. The smallest absolute Gasteiger partial charge is 0.254 e. The highest BCUT2D eigenvalue weighted by Crippen LogP contribution is 2.37. The molecule has 4 nitrogen and oxygen atoms in total. The summed E-state index contributed by atoms with van der Waals surface area (Å²) < 4.78 is 0. The molecule has 0 aliphatic carbocycles. The fraction of sp³-hybridized carbons (Fsp3) is 0.226. The van der Waals surface area contributed by atoms with Gasteiger partial charge in [0.05, 0.1) is 6.04 Å². The van der Waals surface area contributed by atoms with Gasteiger partial charge in [-0.25, -0.2) is 0 Å². The zero-order valence-electron chi connectivity index (χ0n) is 20.5. The molecule has 0 N–H and O–H groups in total. The molecular weight excluding hydrogens is 464 g/mol. The summed E-state index contributed by atoms with van der Waals surface area (Å²) in [4.78, 5) is 32.2. The highest BCUT2D eigenvalue weighted by molar-refractivity contribution is 7.10. The number of carbonyl (C=O) groups excluding carboxylic acids is 2. The lowest BCUT2D eigenvalue weighted by Gasteiger charge is -2.37. The number of hydrogen-bond acceptors (Lipinski definition) is 3. The van der Waals surface area contributed by atoms with Crippen LogP contribution in [-0.2, 0) is 11.2 Å². The van der Waals surface area contributed by atoms with Gasteiger partial charge < -0.3 is 9.80 Å². The summed E-state index contributed by atoms with van der Waals surface area (Å²) >= 11 is 1.76. The van der Waals surface area contributed by atoms with Gasteiger partial charge in [0, 0.05) is 23.5 Å². The maximum absolute atomic E-state index is 13.7. The van der Waals surface area contributed by atoms with Crippen LogP contribution in [0.4, 0.5) is 0 Å². The second-order valence-corrected chi connectivity index (χ2v) is 10.1. The van der Waals surface area contributed by atoms with Gasteiger partial charge in [-0.3, -0.25) is 9.59 Å². The zero-order valence-corrected chi connectivity index (χ0v) is 21.3. The van der Waals surface area contributed by atoms with Crippen molar-refractivity contribution in [2.45, 2.75) is 25.8 Å². The Kier molecular flexibility index (Phi) is 7.28. The largest absolute Gasteiger partial charge is 0.330 e. The number of hydrogen-bond donors (Lipinski definition) is 0. The van der Waals surface area contributed by atoms with Crippen LogP contribution in [0.15, 0.2) is 96.4 Å². The van der Waals surface area contributed by atoms with Crippen LogP contribution in [0.1, 0.15) is 45.7 Å². The Morgan fingerprint density at radius 2 is 1.56 bits per heavy atom. The minimum atomic E-state index is -0.113. The molecular formula is C31H30N2O2S. The topological polar surface area (TPSA) is 40.6 Å². The van der Waals surface area contributed by atoms with E-state index in [1.165, 1.54) is 10.4 Å². The van der Waals surface area contributed by atoms with Crippen molar-refractivity contribution in [2.75, 3.05) is 19.6 Å². The number of benzene rings is 3. The molecule has 3 aromatic carbocycles. The number of amides is 2. The molecule has 4 aromatic rings. The molecule has 5 heteroatoms. The first-order valence-electron chi connectivity index (χ1n) is 12.5. The van der Waals surface area contributed by atoms with Crippen molar-refractivity contribution in [1.29, 1.82) is 0 Å². The quantitative estimate of drug-likeness (QED) is 0.297. The average Bonchev–Trinajstić information content (AvgIpc) is 3.42. The van der Waals surface area contributed by atoms with Crippen molar-refractivity contribution in [2.24, 2.45) is 0 Å². The molecule has 0 radical (unpaired) electrons. The summed E-state index contributed by atoms with van der Waals surface area (Å²) in [5.41, 5.74) is 5.10. The maximum Gasteiger partial charge on any atom is 0.254 e. The minimum Gasteiger partial charge on any atom is -0.330 e. The molecule has 1 unspecified atom stereocenters. The molecule has 0 fully saturated rings. The molecule has 0 saturated heterocycles. The molecule has 2 amide bonds. The van der Waals surface area contributed by atoms with E-state index in [1.54, 1.807) is 16.2 Å². The molecule has 2 heterocycles. The Morgan fingerprint density at radius 1 is 0.889 bits per heavy atom. The molecule has 0 saturated carbocycles. The van der Waals surface area contributed by atoms with Gasteiger partial charge in [0.25, 0.3) is 5.91 Å². The van der Waals surface area contributed by atoms with Crippen molar-refractivity contribution in [1.82, 2.24) is 9.80 Å². The van der Waals surface area contributed by atoms with Gasteiger partial charge in [-0.15, -0.1) is 11.3 Å². The van der Waals surface area contributed by atoms with Gasteiger partial charge in [0.1, 0.15) is 6.54 Å². The van der Waals surface area contributed by atoms with E-state index in [1.807, 2.05) is 72.5 Å². The van der Waals surface area contributed by atoms with Gasteiger partial charge in [0.15, 0.2) is 0 Å².